The lowest BCUT2D eigenvalue weighted by molar-refractivity contribution is 0.0925. The van der Waals surface area contributed by atoms with Gasteiger partial charge in [-0.05, 0) is 33.6 Å². The van der Waals surface area contributed by atoms with Crippen LogP contribution < -0.4 is 5.32 Å². The zero-order valence-electron chi connectivity index (χ0n) is 11.4. The van der Waals surface area contributed by atoms with Crippen molar-refractivity contribution in [2.24, 2.45) is 0 Å². The molecule has 0 radical (unpaired) electrons. The highest BCUT2D eigenvalue weighted by atomic mass is 16.1. The Balaban J connectivity index is 2.13. The molecule has 0 unspecified atom stereocenters. The highest BCUT2D eigenvalue weighted by molar-refractivity contribution is 5.96. The van der Waals surface area contributed by atoms with Crippen molar-refractivity contribution >= 4 is 5.91 Å². The third-order valence-corrected chi connectivity index (χ3v) is 3.55. The Morgan fingerprint density at radius 3 is 2.17 bits per heavy atom. The van der Waals surface area contributed by atoms with Gasteiger partial charge in [-0.25, -0.2) is 9.97 Å². The summed E-state index contributed by atoms with van der Waals surface area (Å²) >= 11 is 0. The lowest BCUT2D eigenvalue weighted by Crippen LogP contribution is -2.37. The fourth-order valence-electron chi connectivity index (χ4n) is 2.72. The zero-order valence-corrected chi connectivity index (χ0v) is 11.4. The summed E-state index contributed by atoms with van der Waals surface area (Å²) in [5.41, 5.74) is 2.19. The van der Waals surface area contributed by atoms with Crippen LogP contribution >= 0.6 is 0 Å². The molecule has 1 amide bonds. The summed E-state index contributed by atoms with van der Waals surface area (Å²) in [5.74, 6) is 0.705. The minimum atomic E-state index is -0.0168. The maximum Gasteiger partial charge on any atom is 0.255 e. The number of rotatable bonds is 2. The monoisotopic (exact) mass is 247 g/mol. The smallest absolute Gasteiger partial charge is 0.255 e. The van der Waals surface area contributed by atoms with Crippen LogP contribution in [-0.2, 0) is 0 Å². The number of nitrogens with zero attached hydrogens (tertiary/aromatic N) is 2. The van der Waals surface area contributed by atoms with Crippen molar-refractivity contribution in [3.63, 3.8) is 0 Å². The molecule has 0 spiro atoms. The summed E-state index contributed by atoms with van der Waals surface area (Å²) in [6.07, 6.45) is 5.91. The Labute approximate surface area is 108 Å². The van der Waals surface area contributed by atoms with Crippen molar-refractivity contribution in [2.45, 2.75) is 58.9 Å². The van der Waals surface area contributed by atoms with Crippen LogP contribution in [0.4, 0.5) is 0 Å². The topological polar surface area (TPSA) is 54.9 Å². The molecule has 0 aliphatic heterocycles. The normalized spacial score (nSPS) is 16.6. The summed E-state index contributed by atoms with van der Waals surface area (Å²) in [4.78, 5) is 20.8. The highest BCUT2D eigenvalue weighted by Gasteiger charge is 2.20. The van der Waals surface area contributed by atoms with Gasteiger partial charge in [0.2, 0.25) is 0 Å². The van der Waals surface area contributed by atoms with Crippen molar-refractivity contribution in [1.29, 1.82) is 0 Å². The number of carbonyl (C=O) groups excluding carboxylic acids is 1. The molecule has 4 heteroatoms. The summed E-state index contributed by atoms with van der Waals surface area (Å²) in [6.45, 7) is 5.59. The number of amides is 1. The molecular formula is C14H21N3O. The molecule has 1 aromatic rings. The second-order valence-corrected chi connectivity index (χ2v) is 5.13. The molecule has 0 bridgehead atoms. The molecule has 1 aliphatic rings. The molecule has 1 saturated carbocycles. The summed E-state index contributed by atoms with van der Waals surface area (Å²) in [7, 11) is 0. The van der Waals surface area contributed by atoms with Crippen LogP contribution in [-0.4, -0.2) is 21.9 Å². The molecule has 98 valence electrons. The number of hydrogen-bond donors (Lipinski definition) is 1. The first-order chi connectivity index (χ1) is 8.58. The van der Waals surface area contributed by atoms with Crippen LogP contribution in [0.15, 0.2) is 0 Å². The quantitative estimate of drug-likeness (QED) is 0.873. The fraction of sp³-hybridized carbons (Fsp3) is 0.643. The van der Waals surface area contributed by atoms with Crippen LogP contribution in [0.1, 0.15) is 59.7 Å². The average Bonchev–Trinajstić information content (AvgIpc) is 2.28. The Morgan fingerprint density at radius 2 is 1.61 bits per heavy atom. The minimum absolute atomic E-state index is 0.0168. The SMILES string of the molecule is Cc1nc(C)c(C(=O)NC2CCCCC2)c(C)n1. The molecule has 4 nitrogen and oxygen atoms in total. The highest BCUT2D eigenvalue weighted by Crippen LogP contribution is 2.18. The van der Waals surface area contributed by atoms with Crippen molar-refractivity contribution in [2.75, 3.05) is 0 Å². The Morgan fingerprint density at radius 1 is 1.06 bits per heavy atom. The van der Waals surface area contributed by atoms with E-state index in [1.165, 1.54) is 19.3 Å². The number of carbonyl (C=O) groups is 1. The fourth-order valence-corrected chi connectivity index (χ4v) is 2.72. The van der Waals surface area contributed by atoms with Gasteiger partial charge in [0.15, 0.2) is 0 Å². The Kier molecular flexibility index (Phi) is 3.94. The lowest BCUT2D eigenvalue weighted by atomic mass is 9.95. The number of aromatic nitrogens is 2. The van der Waals surface area contributed by atoms with Crippen LogP contribution in [0, 0.1) is 20.8 Å². The zero-order chi connectivity index (χ0) is 13.1. The summed E-state index contributed by atoms with van der Waals surface area (Å²) < 4.78 is 0. The molecule has 18 heavy (non-hydrogen) atoms. The predicted octanol–water partition coefficient (Wildman–Crippen LogP) is 2.46. The van der Waals surface area contributed by atoms with Crippen LogP contribution in [0.2, 0.25) is 0 Å². The standard InChI is InChI=1S/C14H21N3O/c1-9-13(10(2)16-11(3)15-9)14(18)17-12-7-5-4-6-8-12/h12H,4-8H2,1-3H3,(H,17,18). The van der Waals surface area contributed by atoms with Gasteiger partial charge in [0.1, 0.15) is 5.82 Å². The number of nitrogens with one attached hydrogen (secondary N) is 1. The molecule has 1 fully saturated rings. The predicted molar refractivity (Wildman–Crippen MR) is 70.6 cm³/mol. The van der Waals surface area contributed by atoms with E-state index >= 15 is 0 Å². The number of hydrogen-bond acceptors (Lipinski definition) is 3. The molecular weight excluding hydrogens is 226 g/mol. The van der Waals surface area contributed by atoms with Gasteiger partial charge < -0.3 is 5.32 Å². The van der Waals surface area contributed by atoms with Crippen molar-refractivity contribution in [3.8, 4) is 0 Å². The van der Waals surface area contributed by atoms with Gasteiger partial charge in [-0.3, -0.25) is 4.79 Å². The van der Waals surface area contributed by atoms with E-state index in [-0.39, 0.29) is 5.91 Å². The van der Waals surface area contributed by atoms with E-state index in [4.69, 9.17) is 0 Å². The molecule has 0 atom stereocenters. The molecule has 1 aromatic heterocycles. The molecule has 0 saturated heterocycles. The third kappa shape index (κ3) is 2.86. The van der Waals surface area contributed by atoms with Gasteiger partial charge in [-0.1, -0.05) is 19.3 Å². The van der Waals surface area contributed by atoms with Crippen molar-refractivity contribution < 1.29 is 4.79 Å². The van der Waals surface area contributed by atoms with E-state index in [0.29, 0.717) is 11.6 Å². The molecule has 0 aromatic carbocycles. The van der Waals surface area contributed by atoms with E-state index in [1.54, 1.807) is 0 Å². The average molecular weight is 247 g/mol. The van der Waals surface area contributed by atoms with Crippen LogP contribution in [0.25, 0.3) is 0 Å². The largest absolute Gasteiger partial charge is 0.349 e. The van der Waals surface area contributed by atoms with E-state index in [2.05, 4.69) is 15.3 Å². The lowest BCUT2D eigenvalue weighted by Gasteiger charge is -2.23. The Bertz CT molecular complexity index is 427. The van der Waals surface area contributed by atoms with Gasteiger partial charge in [0.05, 0.1) is 17.0 Å². The second-order valence-electron chi connectivity index (χ2n) is 5.13. The summed E-state index contributed by atoms with van der Waals surface area (Å²) in [5, 5.41) is 3.12. The minimum Gasteiger partial charge on any atom is -0.349 e. The number of aryl methyl sites for hydroxylation is 3. The molecule has 2 rings (SSSR count). The van der Waals surface area contributed by atoms with E-state index in [9.17, 15) is 4.79 Å². The van der Waals surface area contributed by atoms with Gasteiger partial charge in [0.25, 0.3) is 5.91 Å². The summed E-state index contributed by atoms with van der Waals surface area (Å²) in [6, 6.07) is 0.325. The van der Waals surface area contributed by atoms with Crippen LogP contribution in [0.3, 0.4) is 0 Å². The first-order valence-electron chi connectivity index (χ1n) is 6.70. The van der Waals surface area contributed by atoms with Crippen molar-refractivity contribution in [1.82, 2.24) is 15.3 Å². The van der Waals surface area contributed by atoms with Crippen LogP contribution in [0.5, 0.6) is 0 Å². The first kappa shape index (κ1) is 13.0. The van der Waals surface area contributed by atoms with Gasteiger partial charge in [-0.2, -0.15) is 0 Å². The molecule has 1 heterocycles. The Hall–Kier alpha value is -1.45. The van der Waals surface area contributed by atoms with Gasteiger partial charge in [-0.15, -0.1) is 0 Å². The molecule has 1 N–H and O–H groups in total. The second kappa shape index (κ2) is 5.46. The van der Waals surface area contributed by atoms with Crippen molar-refractivity contribution in [3.05, 3.63) is 22.8 Å². The maximum absolute atomic E-state index is 12.3. The maximum atomic E-state index is 12.3. The van der Waals surface area contributed by atoms with Gasteiger partial charge >= 0.3 is 0 Å². The van der Waals surface area contributed by atoms with Gasteiger partial charge in [0, 0.05) is 6.04 Å². The van der Waals surface area contributed by atoms with E-state index < -0.39 is 0 Å². The first-order valence-corrected chi connectivity index (χ1v) is 6.70. The van der Waals surface area contributed by atoms with E-state index in [0.717, 1.165) is 30.1 Å². The molecule has 1 aliphatic carbocycles. The van der Waals surface area contributed by atoms with E-state index in [1.807, 2.05) is 20.8 Å². The third-order valence-electron chi connectivity index (χ3n) is 3.55.